The van der Waals surface area contributed by atoms with E-state index >= 15 is 0 Å². The Balaban J connectivity index is 0.000000535. The van der Waals surface area contributed by atoms with Crippen LogP contribution in [0.2, 0.25) is 0 Å². The highest BCUT2D eigenvalue weighted by Gasteiger charge is 2.27. The van der Waals surface area contributed by atoms with Crippen molar-refractivity contribution in [2.75, 3.05) is 13.2 Å². The Kier molecular flexibility index (Phi) is 10.9. The Hall–Kier alpha value is -1.73. The number of hydrogen-bond donors (Lipinski definition) is 1. The van der Waals surface area contributed by atoms with E-state index in [0.29, 0.717) is 6.42 Å². The van der Waals surface area contributed by atoms with Crippen LogP contribution in [-0.4, -0.2) is 42.7 Å². The number of carbonyl (C=O) groups is 3. The van der Waals surface area contributed by atoms with Crippen LogP contribution in [0.15, 0.2) is 0 Å². The van der Waals surface area contributed by atoms with Gasteiger partial charge < -0.3 is 14.6 Å². The van der Waals surface area contributed by atoms with Crippen molar-refractivity contribution in [2.24, 2.45) is 11.3 Å². The van der Waals surface area contributed by atoms with E-state index in [2.05, 4.69) is 4.74 Å². The minimum absolute atomic E-state index is 0.0289. The molecular formula is C17H28F2O6. The highest BCUT2D eigenvalue weighted by molar-refractivity contribution is 5.76. The summed E-state index contributed by atoms with van der Waals surface area (Å²) in [7, 11) is 0. The molecule has 0 amide bonds. The maximum Gasteiger partial charge on any atom is 0.373 e. The Morgan fingerprint density at radius 3 is 2.00 bits per heavy atom. The van der Waals surface area contributed by atoms with E-state index in [0.717, 1.165) is 25.7 Å². The van der Waals surface area contributed by atoms with Gasteiger partial charge in [-0.25, -0.2) is 4.79 Å². The van der Waals surface area contributed by atoms with Gasteiger partial charge in [0, 0.05) is 0 Å². The molecular weight excluding hydrogens is 338 g/mol. The Bertz CT molecular complexity index is 431. The number of alkyl halides is 2. The van der Waals surface area contributed by atoms with Gasteiger partial charge in [-0.15, -0.1) is 0 Å². The van der Waals surface area contributed by atoms with Crippen LogP contribution in [0.25, 0.3) is 0 Å². The van der Waals surface area contributed by atoms with Gasteiger partial charge in [0.2, 0.25) is 0 Å². The molecule has 0 aromatic rings. The van der Waals surface area contributed by atoms with E-state index in [1.165, 1.54) is 6.42 Å². The molecule has 1 aliphatic rings. The molecule has 25 heavy (non-hydrogen) atoms. The minimum Gasteiger partial charge on any atom is -0.481 e. The number of carboxylic acids is 1. The zero-order valence-corrected chi connectivity index (χ0v) is 15.1. The topological polar surface area (TPSA) is 89.9 Å². The van der Waals surface area contributed by atoms with Gasteiger partial charge in [0.1, 0.15) is 13.2 Å². The summed E-state index contributed by atoms with van der Waals surface area (Å²) in [5.74, 6) is -2.68. The second kappa shape index (κ2) is 11.8. The summed E-state index contributed by atoms with van der Waals surface area (Å²) in [5.41, 5.74) is -0.618. The molecule has 6 nitrogen and oxygen atoms in total. The number of esters is 2. The molecule has 0 atom stereocenters. The molecule has 1 rings (SSSR count). The number of rotatable bonds is 7. The third-order valence-corrected chi connectivity index (χ3v) is 4.13. The molecule has 1 N–H and O–H groups in total. The van der Waals surface area contributed by atoms with Crippen LogP contribution in [-0.2, 0) is 23.9 Å². The summed E-state index contributed by atoms with van der Waals surface area (Å²) in [4.78, 5) is 32.0. The van der Waals surface area contributed by atoms with Crippen molar-refractivity contribution in [3.05, 3.63) is 0 Å². The Morgan fingerprint density at radius 1 is 1.08 bits per heavy atom. The lowest BCUT2D eigenvalue weighted by Gasteiger charge is -2.20. The quantitative estimate of drug-likeness (QED) is 0.548. The monoisotopic (exact) mass is 366 g/mol. The van der Waals surface area contributed by atoms with Crippen molar-refractivity contribution in [1.82, 2.24) is 0 Å². The standard InChI is InChI=1S/C10H16F2O4.C7H12O2/c1-4-10(2,3)9(14)16-6-5-15-8(13)7(11)12;8-7(9)6-4-2-1-3-5-6/h7H,4-6H2,1-3H3;6H,1-5H2,(H,8,9). The van der Waals surface area contributed by atoms with Crippen molar-refractivity contribution in [2.45, 2.75) is 65.7 Å². The molecule has 0 aromatic carbocycles. The van der Waals surface area contributed by atoms with Gasteiger partial charge in [0.05, 0.1) is 11.3 Å². The fourth-order valence-electron chi connectivity index (χ4n) is 2.03. The van der Waals surface area contributed by atoms with Gasteiger partial charge in [-0.1, -0.05) is 26.2 Å². The molecule has 8 heteroatoms. The fraction of sp³-hybridized carbons (Fsp3) is 0.824. The highest BCUT2D eigenvalue weighted by atomic mass is 19.3. The van der Waals surface area contributed by atoms with Crippen molar-refractivity contribution >= 4 is 17.9 Å². The van der Waals surface area contributed by atoms with E-state index in [4.69, 9.17) is 9.84 Å². The summed E-state index contributed by atoms with van der Waals surface area (Å²) in [5, 5.41) is 8.54. The third-order valence-electron chi connectivity index (χ3n) is 4.13. The number of carboxylic acid groups (broad SMARTS) is 1. The number of halogens is 2. The van der Waals surface area contributed by atoms with Crippen LogP contribution < -0.4 is 0 Å². The van der Waals surface area contributed by atoms with Gasteiger partial charge in [0.15, 0.2) is 0 Å². The molecule has 0 heterocycles. The SMILES string of the molecule is CCC(C)(C)C(=O)OCCOC(=O)C(F)F.O=C(O)C1CCCCC1. The normalized spacial score (nSPS) is 15.1. The van der Waals surface area contributed by atoms with Gasteiger partial charge >= 0.3 is 24.3 Å². The molecule has 0 bridgehead atoms. The van der Waals surface area contributed by atoms with Crippen LogP contribution in [0.5, 0.6) is 0 Å². The maximum atomic E-state index is 11.7. The molecule has 0 unspecified atom stereocenters. The lowest BCUT2D eigenvalue weighted by molar-refractivity contribution is -0.164. The summed E-state index contributed by atoms with van der Waals surface area (Å²) >= 11 is 0. The van der Waals surface area contributed by atoms with Gasteiger partial charge in [-0.2, -0.15) is 8.78 Å². The van der Waals surface area contributed by atoms with E-state index in [1.807, 2.05) is 6.92 Å². The predicted molar refractivity (Wildman–Crippen MR) is 86.2 cm³/mol. The molecule has 1 fully saturated rings. The summed E-state index contributed by atoms with van der Waals surface area (Å²) in [6.07, 6.45) is 2.69. The van der Waals surface area contributed by atoms with Crippen molar-refractivity contribution in [1.29, 1.82) is 0 Å². The van der Waals surface area contributed by atoms with Crippen LogP contribution >= 0.6 is 0 Å². The van der Waals surface area contributed by atoms with E-state index in [-0.39, 0.29) is 19.1 Å². The molecule has 0 saturated heterocycles. The van der Waals surface area contributed by atoms with Crippen molar-refractivity contribution in [3.63, 3.8) is 0 Å². The maximum absolute atomic E-state index is 11.7. The molecule has 1 saturated carbocycles. The molecule has 0 radical (unpaired) electrons. The van der Waals surface area contributed by atoms with Gasteiger partial charge in [0.25, 0.3) is 0 Å². The van der Waals surface area contributed by atoms with Crippen molar-refractivity contribution in [3.8, 4) is 0 Å². The zero-order chi connectivity index (χ0) is 19.5. The van der Waals surface area contributed by atoms with E-state index in [9.17, 15) is 23.2 Å². The molecule has 0 aromatic heterocycles. The minimum atomic E-state index is -3.15. The molecule has 0 spiro atoms. The second-order valence-electron chi connectivity index (χ2n) is 6.51. The lowest BCUT2D eigenvalue weighted by atomic mass is 9.90. The molecule has 0 aliphatic heterocycles. The number of ether oxygens (including phenoxy) is 2. The number of aliphatic carboxylic acids is 1. The van der Waals surface area contributed by atoms with Crippen LogP contribution in [0.3, 0.4) is 0 Å². The van der Waals surface area contributed by atoms with E-state index < -0.39 is 29.7 Å². The fourth-order valence-corrected chi connectivity index (χ4v) is 2.03. The first-order chi connectivity index (χ1) is 11.6. The van der Waals surface area contributed by atoms with Gasteiger partial charge in [-0.05, 0) is 33.1 Å². The van der Waals surface area contributed by atoms with Gasteiger partial charge in [-0.3, -0.25) is 9.59 Å². The predicted octanol–water partition coefficient (Wildman–Crippen LogP) is 3.43. The summed E-state index contributed by atoms with van der Waals surface area (Å²) in [6, 6.07) is 0. The van der Waals surface area contributed by atoms with Crippen LogP contribution in [0, 0.1) is 11.3 Å². The molecule has 1 aliphatic carbocycles. The first-order valence-corrected chi connectivity index (χ1v) is 8.46. The Morgan fingerprint density at radius 2 is 1.60 bits per heavy atom. The van der Waals surface area contributed by atoms with Crippen molar-refractivity contribution < 1.29 is 37.7 Å². The Labute approximate surface area is 146 Å². The first kappa shape index (κ1) is 23.3. The average Bonchev–Trinajstić information content (AvgIpc) is 2.59. The smallest absolute Gasteiger partial charge is 0.373 e. The largest absolute Gasteiger partial charge is 0.481 e. The number of hydrogen-bond acceptors (Lipinski definition) is 5. The lowest BCUT2D eigenvalue weighted by Crippen LogP contribution is -2.27. The van der Waals surface area contributed by atoms with Crippen LogP contribution in [0.4, 0.5) is 8.78 Å². The number of carbonyl (C=O) groups excluding carboxylic acids is 2. The summed E-state index contributed by atoms with van der Waals surface area (Å²) < 4.78 is 32.3. The second-order valence-corrected chi connectivity index (χ2v) is 6.51. The van der Waals surface area contributed by atoms with E-state index in [1.54, 1.807) is 13.8 Å². The van der Waals surface area contributed by atoms with Crippen LogP contribution in [0.1, 0.15) is 59.3 Å². The highest BCUT2D eigenvalue weighted by Crippen LogP contribution is 2.23. The zero-order valence-electron chi connectivity index (χ0n) is 15.1. The molecule has 146 valence electrons. The third kappa shape index (κ3) is 9.99. The average molecular weight is 366 g/mol. The summed E-state index contributed by atoms with van der Waals surface area (Å²) in [6.45, 7) is 4.69. The first-order valence-electron chi connectivity index (χ1n) is 8.46.